The minimum absolute atomic E-state index is 0.0332. The van der Waals surface area contributed by atoms with Crippen molar-refractivity contribution in [1.29, 1.82) is 0 Å². The van der Waals surface area contributed by atoms with E-state index in [1.807, 2.05) is 11.8 Å². The van der Waals surface area contributed by atoms with E-state index >= 15 is 0 Å². The minimum atomic E-state index is -4.10. The van der Waals surface area contributed by atoms with Gasteiger partial charge in [-0.05, 0) is 13.3 Å². The number of nitrogens with zero attached hydrogens (tertiary/aromatic N) is 1. The summed E-state index contributed by atoms with van der Waals surface area (Å²) in [6, 6.07) is 0. The Hall–Kier alpha value is -0.330. The van der Waals surface area contributed by atoms with Crippen LogP contribution in [0.3, 0.4) is 0 Å². The van der Waals surface area contributed by atoms with E-state index in [0.717, 1.165) is 6.42 Å². The van der Waals surface area contributed by atoms with Crippen molar-refractivity contribution >= 4 is 0 Å². The Morgan fingerprint density at radius 3 is 2.82 bits per heavy atom. The van der Waals surface area contributed by atoms with Crippen LogP contribution in [-0.4, -0.2) is 57.0 Å². The lowest BCUT2D eigenvalue weighted by Gasteiger charge is -2.25. The second-order valence-electron chi connectivity index (χ2n) is 4.29. The molecule has 1 unspecified atom stereocenters. The van der Waals surface area contributed by atoms with Gasteiger partial charge in [-0.25, -0.2) is 0 Å². The molecule has 0 spiro atoms. The van der Waals surface area contributed by atoms with Crippen molar-refractivity contribution in [2.75, 3.05) is 45.9 Å². The summed E-state index contributed by atoms with van der Waals surface area (Å²) in [5, 5.41) is 2.84. The van der Waals surface area contributed by atoms with Gasteiger partial charge in [0.25, 0.3) is 0 Å². The molecule has 1 aliphatic heterocycles. The molecule has 1 aliphatic rings. The zero-order valence-corrected chi connectivity index (χ0v) is 10.2. The van der Waals surface area contributed by atoms with Crippen LogP contribution in [0.4, 0.5) is 13.2 Å². The quantitative estimate of drug-likeness (QED) is 0.752. The van der Waals surface area contributed by atoms with Gasteiger partial charge < -0.3 is 15.0 Å². The van der Waals surface area contributed by atoms with Gasteiger partial charge in [-0.15, -0.1) is 0 Å². The fourth-order valence-corrected chi connectivity index (χ4v) is 1.94. The van der Waals surface area contributed by atoms with E-state index in [-0.39, 0.29) is 13.1 Å². The van der Waals surface area contributed by atoms with Gasteiger partial charge in [0.1, 0.15) is 0 Å². The second-order valence-corrected chi connectivity index (χ2v) is 4.29. The van der Waals surface area contributed by atoms with E-state index in [0.29, 0.717) is 32.8 Å². The molecule has 0 aromatic heterocycles. The number of hydrogen-bond acceptors (Lipinski definition) is 3. The molecule has 1 rings (SSSR count). The summed E-state index contributed by atoms with van der Waals surface area (Å²) in [6.45, 7) is 5.31. The molecule has 0 saturated carbocycles. The first-order chi connectivity index (χ1) is 8.04. The number of nitrogens with one attached hydrogen (secondary N) is 1. The van der Waals surface area contributed by atoms with E-state index in [1.165, 1.54) is 0 Å². The van der Waals surface area contributed by atoms with Gasteiger partial charge in [0, 0.05) is 45.9 Å². The summed E-state index contributed by atoms with van der Waals surface area (Å²) in [4.78, 5) is 1.87. The fourth-order valence-electron chi connectivity index (χ4n) is 1.94. The summed E-state index contributed by atoms with van der Waals surface area (Å²) < 4.78 is 43.1. The first-order valence-electron chi connectivity index (χ1n) is 6.11. The zero-order chi connectivity index (χ0) is 12.7. The molecule has 3 nitrogen and oxygen atoms in total. The lowest BCUT2D eigenvalue weighted by Crippen LogP contribution is -2.38. The first-order valence-corrected chi connectivity index (χ1v) is 6.11. The number of rotatable bonds is 5. The highest BCUT2D eigenvalue weighted by molar-refractivity contribution is 4.78. The van der Waals surface area contributed by atoms with Crippen molar-refractivity contribution in [3.8, 4) is 0 Å². The molecular formula is C11H21F3N2O. The molecule has 0 amide bonds. The molecule has 102 valence electrons. The summed E-state index contributed by atoms with van der Waals surface area (Å²) in [5.41, 5.74) is 0. The zero-order valence-electron chi connectivity index (χ0n) is 10.2. The van der Waals surface area contributed by atoms with Crippen LogP contribution in [-0.2, 0) is 4.74 Å². The van der Waals surface area contributed by atoms with Crippen molar-refractivity contribution in [3.05, 3.63) is 0 Å². The van der Waals surface area contributed by atoms with E-state index in [2.05, 4.69) is 5.32 Å². The molecule has 1 fully saturated rings. The van der Waals surface area contributed by atoms with Gasteiger partial charge in [-0.2, -0.15) is 13.2 Å². The molecular weight excluding hydrogens is 233 g/mol. The second kappa shape index (κ2) is 7.18. The predicted octanol–water partition coefficient (Wildman–Crippen LogP) is 1.50. The lowest BCUT2D eigenvalue weighted by atomic mass is 10.1. The Bertz CT molecular complexity index is 211. The Balaban J connectivity index is 2.33. The van der Waals surface area contributed by atoms with Crippen molar-refractivity contribution < 1.29 is 17.9 Å². The average molecular weight is 254 g/mol. The highest BCUT2D eigenvalue weighted by Crippen LogP contribution is 2.27. The maximum atomic E-state index is 12.6. The van der Waals surface area contributed by atoms with E-state index < -0.39 is 12.1 Å². The third-order valence-corrected chi connectivity index (χ3v) is 2.90. The summed E-state index contributed by atoms with van der Waals surface area (Å²) in [6.07, 6.45) is -3.31. The average Bonchev–Trinajstić information content (AvgIpc) is 2.49. The Kier molecular flexibility index (Phi) is 6.22. The molecule has 0 aromatic carbocycles. The molecule has 0 bridgehead atoms. The number of hydrogen-bond donors (Lipinski definition) is 1. The molecule has 6 heteroatoms. The van der Waals surface area contributed by atoms with Crippen LogP contribution in [0.5, 0.6) is 0 Å². The largest absolute Gasteiger partial charge is 0.394 e. The van der Waals surface area contributed by atoms with Crippen LogP contribution < -0.4 is 5.32 Å². The van der Waals surface area contributed by atoms with Gasteiger partial charge in [-0.3, -0.25) is 0 Å². The monoisotopic (exact) mass is 254 g/mol. The molecule has 1 N–H and O–H groups in total. The topological polar surface area (TPSA) is 24.5 Å². The van der Waals surface area contributed by atoms with Crippen LogP contribution in [0.2, 0.25) is 0 Å². The smallest absolute Gasteiger partial charge is 0.382 e. The number of alkyl halides is 3. The van der Waals surface area contributed by atoms with E-state index in [4.69, 9.17) is 4.74 Å². The van der Waals surface area contributed by atoms with Crippen molar-refractivity contribution in [3.63, 3.8) is 0 Å². The SMILES string of the molecule is CCOCCCN1CCNCC(C(F)(F)F)C1. The standard InChI is InChI=1S/C11H21F3N2O/c1-2-17-7-3-5-16-6-4-15-8-10(9-16)11(12,13)14/h10,15H,2-9H2,1H3. The molecule has 1 heterocycles. The minimum Gasteiger partial charge on any atom is -0.382 e. The maximum Gasteiger partial charge on any atom is 0.394 e. The fraction of sp³-hybridized carbons (Fsp3) is 1.00. The molecule has 0 radical (unpaired) electrons. The Morgan fingerprint density at radius 2 is 2.18 bits per heavy atom. The van der Waals surface area contributed by atoms with Gasteiger partial charge in [0.2, 0.25) is 0 Å². The molecule has 0 aromatic rings. The van der Waals surface area contributed by atoms with E-state index in [1.54, 1.807) is 0 Å². The molecule has 1 atom stereocenters. The van der Waals surface area contributed by atoms with E-state index in [9.17, 15) is 13.2 Å². The van der Waals surface area contributed by atoms with Crippen LogP contribution >= 0.6 is 0 Å². The maximum absolute atomic E-state index is 12.6. The summed E-state index contributed by atoms with van der Waals surface area (Å²) in [5.74, 6) is -1.25. The molecule has 17 heavy (non-hydrogen) atoms. The van der Waals surface area contributed by atoms with Crippen molar-refractivity contribution in [2.45, 2.75) is 19.5 Å². The number of ether oxygens (including phenoxy) is 1. The van der Waals surface area contributed by atoms with Crippen LogP contribution in [0, 0.1) is 5.92 Å². The van der Waals surface area contributed by atoms with Gasteiger partial charge in [0.05, 0.1) is 5.92 Å². The summed E-state index contributed by atoms with van der Waals surface area (Å²) >= 11 is 0. The highest BCUT2D eigenvalue weighted by atomic mass is 19.4. The third kappa shape index (κ3) is 5.70. The van der Waals surface area contributed by atoms with Crippen LogP contribution in [0.25, 0.3) is 0 Å². The lowest BCUT2D eigenvalue weighted by molar-refractivity contribution is -0.175. The number of halogens is 3. The van der Waals surface area contributed by atoms with Crippen LogP contribution in [0.1, 0.15) is 13.3 Å². The van der Waals surface area contributed by atoms with Crippen molar-refractivity contribution in [2.24, 2.45) is 5.92 Å². The third-order valence-electron chi connectivity index (χ3n) is 2.90. The van der Waals surface area contributed by atoms with Crippen LogP contribution in [0.15, 0.2) is 0 Å². The van der Waals surface area contributed by atoms with Gasteiger partial charge >= 0.3 is 6.18 Å². The summed E-state index contributed by atoms with van der Waals surface area (Å²) in [7, 11) is 0. The Morgan fingerprint density at radius 1 is 1.41 bits per heavy atom. The molecule has 0 aliphatic carbocycles. The Labute approximate surface area is 100 Å². The predicted molar refractivity (Wildman–Crippen MR) is 60.0 cm³/mol. The normalized spacial score (nSPS) is 23.6. The van der Waals surface area contributed by atoms with Crippen molar-refractivity contribution in [1.82, 2.24) is 10.2 Å². The molecule has 1 saturated heterocycles. The van der Waals surface area contributed by atoms with Gasteiger partial charge in [0.15, 0.2) is 0 Å². The van der Waals surface area contributed by atoms with Gasteiger partial charge in [-0.1, -0.05) is 0 Å². The highest BCUT2D eigenvalue weighted by Gasteiger charge is 2.40. The first kappa shape index (κ1) is 14.7.